The van der Waals surface area contributed by atoms with Crippen LogP contribution in [0.3, 0.4) is 0 Å². The van der Waals surface area contributed by atoms with E-state index >= 15 is 0 Å². The Kier molecular flexibility index (Phi) is 2.55. The summed E-state index contributed by atoms with van der Waals surface area (Å²) in [5, 5.41) is 0. The lowest BCUT2D eigenvalue weighted by Gasteiger charge is -2.44. The largest absolute Gasteiger partial charge is 0.306 e. The van der Waals surface area contributed by atoms with Crippen LogP contribution in [0.25, 0.3) is 0 Å². The molecule has 17 heavy (non-hydrogen) atoms. The highest BCUT2D eigenvalue weighted by Gasteiger charge is 2.41. The van der Waals surface area contributed by atoms with Crippen LogP contribution in [0.5, 0.6) is 0 Å². The van der Waals surface area contributed by atoms with E-state index in [0.717, 1.165) is 32.4 Å². The molecule has 2 nitrogen and oxygen atoms in total. The van der Waals surface area contributed by atoms with Crippen LogP contribution in [0.1, 0.15) is 30.4 Å². The molecule has 0 N–H and O–H groups in total. The molecule has 2 heteroatoms. The first kappa shape index (κ1) is 11.0. The first-order valence-electron chi connectivity index (χ1n) is 6.48. The van der Waals surface area contributed by atoms with E-state index in [1.165, 1.54) is 11.1 Å². The SMILES string of the molecule is CN1CCC2(CC1)CC(=O)Cc1ccccc12. The van der Waals surface area contributed by atoms with E-state index < -0.39 is 0 Å². The summed E-state index contributed by atoms with van der Waals surface area (Å²) in [6, 6.07) is 8.55. The number of ketones is 1. The van der Waals surface area contributed by atoms with Crippen LogP contribution < -0.4 is 0 Å². The summed E-state index contributed by atoms with van der Waals surface area (Å²) in [6.45, 7) is 2.23. The summed E-state index contributed by atoms with van der Waals surface area (Å²) in [7, 11) is 2.17. The molecule has 0 saturated carbocycles. The zero-order valence-corrected chi connectivity index (χ0v) is 10.4. The molecule has 2 aliphatic rings. The van der Waals surface area contributed by atoms with Crippen molar-refractivity contribution in [1.29, 1.82) is 0 Å². The Labute approximate surface area is 103 Å². The standard InChI is InChI=1S/C15H19NO/c1-16-8-6-15(7-9-16)11-13(17)10-12-4-2-3-5-14(12)15/h2-5H,6-11H2,1H3. The van der Waals surface area contributed by atoms with Crippen LogP contribution in [-0.4, -0.2) is 30.8 Å². The fourth-order valence-corrected chi connectivity index (χ4v) is 3.43. The summed E-state index contributed by atoms with van der Waals surface area (Å²) >= 11 is 0. The molecule has 1 saturated heterocycles. The molecule has 1 aliphatic carbocycles. The van der Waals surface area contributed by atoms with E-state index in [4.69, 9.17) is 0 Å². The Balaban J connectivity index is 2.02. The Morgan fingerprint density at radius 2 is 1.88 bits per heavy atom. The van der Waals surface area contributed by atoms with Crippen molar-refractivity contribution >= 4 is 5.78 Å². The van der Waals surface area contributed by atoms with Gasteiger partial charge in [0.1, 0.15) is 5.78 Å². The number of benzene rings is 1. The van der Waals surface area contributed by atoms with E-state index in [1.807, 2.05) is 0 Å². The van der Waals surface area contributed by atoms with Crippen LogP contribution in [-0.2, 0) is 16.6 Å². The third-order valence-corrected chi connectivity index (χ3v) is 4.46. The van der Waals surface area contributed by atoms with Gasteiger partial charge in [0, 0.05) is 18.3 Å². The van der Waals surface area contributed by atoms with Gasteiger partial charge in [0.25, 0.3) is 0 Å². The van der Waals surface area contributed by atoms with Crippen molar-refractivity contribution in [2.45, 2.75) is 31.1 Å². The Bertz CT molecular complexity index is 444. The van der Waals surface area contributed by atoms with Gasteiger partial charge in [0.05, 0.1) is 0 Å². The summed E-state index contributed by atoms with van der Waals surface area (Å²) in [5.41, 5.74) is 2.87. The van der Waals surface area contributed by atoms with Gasteiger partial charge in [0.2, 0.25) is 0 Å². The quantitative estimate of drug-likeness (QED) is 0.679. The van der Waals surface area contributed by atoms with E-state index in [1.54, 1.807) is 0 Å². The summed E-state index contributed by atoms with van der Waals surface area (Å²) in [5.74, 6) is 0.424. The molecule has 1 aromatic rings. The second kappa shape index (κ2) is 3.95. The normalized spacial score (nSPS) is 23.7. The van der Waals surface area contributed by atoms with E-state index in [0.29, 0.717) is 12.2 Å². The molecule has 1 heterocycles. The number of carbonyl (C=O) groups is 1. The van der Waals surface area contributed by atoms with Crippen molar-refractivity contribution in [3.8, 4) is 0 Å². The van der Waals surface area contributed by atoms with Crippen LogP contribution in [0.15, 0.2) is 24.3 Å². The molecule has 3 rings (SSSR count). The first-order chi connectivity index (χ1) is 8.20. The van der Waals surface area contributed by atoms with Crippen molar-refractivity contribution in [2.75, 3.05) is 20.1 Å². The predicted octanol–water partition coefficient (Wildman–Crippen LogP) is 2.17. The topological polar surface area (TPSA) is 20.3 Å². The minimum absolute atomic E-state index is 0.151. The fraction of sp³-hybridized carbons (Fsp3) is 0.533. The van der Waals surface area contributed by atoms with E-state index in [-0.39, 0.29) is 5.41 Å². The van der Waals surface area contributed by atoms with Gasteiger partial charge in [-0.2, -0.15) is 0 Å². The highest BCUT2D eigenvalue weighted by atomic mass is 16.1. The molecule has 1 fully saturated rings. The Morgan fingerprint density at radius 1 is 1.18 bits per heavy atom. The average Bonchev–Trinajstić information content (AvgIpc) is 2.33. The molecular formula is C15H19NO. The molecule has 0 radical (unpaired) electrons. The molecular weight excluding hydrogens is 210 g/mol. The summed E-state index contributed by atoms with van der Waals surface area (Å²) in [4.78, 5) is 14.3. The van der Waals surface area contributed by atoms with Crippen LogP contribution in [0, 0.1) is 0 Å². The number of nitrogens with zero attached hydrogens (tertiary/aromatic N) is 1. The van der Waals surface area contributed by atoms with Crippen molar-refractivity contribution in [3.05, 3.63) is 35.4 Å². The van der Waals surface area contributed by atoms with Gasteiger partial charge in [-0.3, -0.25) is 4.79 Å². The van der Waals surface area contributed by atoms with E-state index in [2.05, 4.69) is 36.2 Å². The lowest BCUT2D eigenvalue weighted by Crippen LogP contribution is -2.44. The van der Waals surface area contributed by atoms with Crippen LogP contribution in [0.2, 0.25) is 0 Å². The number of rotatable bonds is 0. The molecule has 0 atom stereocenters. The maximum absolute atomic E-state index is 12.0. The summed E-state index contributed by atoms with van der Waals surface area (Å²) in [6.07, 6.45) is 3.67. The zero-order valence-electron chi connectivity index (χ0n) is 10.4. The maximum Gasteiger partial charge on any atom is 0.138 e. The number of hydrogen-bond acceptors (Lipinski definition) is 2. The van der Waals surface area contributed by atoms with Crippen LogP contribution >= 0.6 is 0 Å². The number of carbonyl (C=O) groups excluding carboxylic acids is 1. The monoisotopic (exact) mass is 229 g/mol. The number of Topliss-reactive ketones (excluding diaryl/α,β-unsaturated/α-hetero) is 1. The first-order valence-corrected chi connectivity index (χ1v) is 6.48. The van der Waals surface area contributed by atoms with Crippen molar-refractivity contribution < 1.29 is 4.79 Å². The Hall–Kier alpha value is -1.15. The van der Waals surface area contributed by atoms with Gasteiger partial charge in [-0.15, -0.1) is 0 Å². The molecule has 1 aromatic carbocycles. The zero-order chi connectivity index (χ0) is 11.9. The average molecular weight is 229 g/mol. The van der Waals surface area contributed by atoms with Gasteiger partial charge >= 0.3 is 0 Å². The lowest BCUT2D eigenvalue weighted by atomic mass is 9.64. The molecule has 1 aliphatic heterocycles. The van der Waals surface area contributed by atoms with Gasteiger partial charge in [-0.05, 0) is 44.1 Å². The summed E-state index contributed by atoms with van der Waals surface area (Å²) < 4.78 is 0. The van der Waals surface area contributed by atoms with Crippen molar-refractivity contribution in [2.24, 2.45) is 0 Å². The smallest absolute Gasteiger partial charge is 0.138 e. The highest BCUT2D eigenvalue weighted by Crippen LogP contribution is 2.43. The third kappa shape index (κ3) is 1.81. The second-order valence-corrected chi connectivity index (χ2v) is 5.63. The number of piperidine rings is 1. The number of hydrogen-bond donors (Lipinski definition) is 0. The van der Waals surface area contributed by atoms with Crippen molar-refractivity contribution in [3.63, 3.8) is 0 Å². The van der Waals surface area contributed by atoms with Crippen LogP contribution in [0.4, 0.5) is 0 Å². The van der Waals surface area contributed by atoms with Gasteiger partial charge in [0.15, 0.2) is 0 Å². The second-order valence-electron chi connectivity index (χ2n) is 5.63. The van der Waals surface area contributed by atoms with Gasteiger partial charge in [-0.25, -0.2) is 0 Å². The van der Waals surface area contributed by atoms with Crippen molar-refractivity contribution in [1.82, 2.24) is 4.90 Å². The predicted molar refractivity (Wildman–Crippen MR) is 68.2 cm³/mol. The minimum atomic E-state index is 0.151. The maximum atomic E-state index is 12.0. The van der Waals surface area contributed by atoms with Gasteiger partial charge < -0.3 is 4.90 Å². The molecule has 1 spiro atoms. The molecule has 90 valence electrons. The van der Waals surface area contributed by atoms with Gasteiger partial charge in [-0.1, -0.05) is 24.3 Å². The third-order valence-electron chi connectivity index (χ3n) is 4.46. The lowest BCUT2D eigenvalue weighted by molar-refractivity contribution is -0.120. The van der Waals surface area contributed by atoms with E-state index in [9.17, 15) is 4.79 Å². The molecule has 0 unspecified atom stereocenters. The highest BCUT2D eigenvalue weighted by molar-refractivity contribution is 5.85. The molecule has 0 bridgehead atoms. The fourth-order valence-electron chi connectivity index (χ4n) is 3.43. The number of likely N-dealkylation sites (tertiary alicyclic amines) is 1. The molecule has 0 aromatic heterocycles. The minimum Gasteiger partial charge on any atom is -0.306 e. The Morgan fingerprint density at radius 3 is 2.65 bits per heavy atom. The number of fused-ring (bicyclic) bond motifs is 2. The molecule has 0 amide bonds.